The summed E-state index contributed by atoms with van der Waals surface area (Å²) in [5.74, 6) is 3.20. The first kappa shape index (κ1) is 12.1. The van der Waals surface area contributed by atoms with E-state index in [1.807, 2.05) is 18.2 Å². The highest BCUT2D eigenvalue weighted by atomic mass is 16.5. The van der Waals surface area contributed by atoms with E-state index in [-0.39, 0.29) is 5.91 Å². The molecule has 0 spiro atoms. The van der Waals surface area contributed by atoms with Gasteiger partial charge in [0, 0.05) is 25.1 Å². The Morgan fingerprint density at radius 1 is 1.56 bits per heavy atom. The zero-order valence-corrected chi connectivity index (χ0v) is 9.32. The van der Waals surface area contributed by atoms with Gasteiger partial charge in [-0.25, -0.2) is 0 Å². The van der Waals surface area contributed by atoms with Gasteiger partial charge in [-0.05, 0) is 18.6 Å². The summed E-state index contributed by atoms with van der Waals surface area (Å²) in [7, 11) is 0. The lowest BCUT2D eigenvalue weighted by Gasteiger charge is -2.07. The quantitative estimate of drug-likeness (QED) is 0.607. The molecule has 1 aromatic carbocycles. The van der Waals surface area contributed by atoms with Crippen molar-refractivity contribution in [3.8, 4) is 18.1 Å². The summed E-state index contributed by atoms with van der Waals surface area (Å²) in [4.78, 5) is 10.8. The maximum atomic E-state index is 10.8. The van der Waals surface area contributed by atoms with Crippen LogP contribution in [0.5, 0.6) is 5.75 Å². The van der Waals surface area contributed by atoms with E-state index in [0.29, 0.717) is 13.0 Å². The number of benzene rings is 1. The molecule has 0 saturated heterocycles. The van der Waals surface area contributed by atoms with Crippen LogP contribution in [-0.4, -0.2) is 12.5 Å². The van der Waals surface area contributed by atoms with Crippen molar-refractivity contribution in [3.63, 3.8) is 0 Å². The van der Waals surface area contributed by atoms with E-state index in [2.05, 4.69) is 11.2 Å². The number of amides is 1. The predicted molar refractivity (Wildman–Crippen MR) is 64.3 cm³/mol. The van der Waals surface area contributed by atoms with Gasteiger partial charge in [-0.1, -0.05) is 6.07 Å². The maximum absolute atomic E-state index is 10.8. The summed E-state index contributed by atoms with van der Waals surface area (Å²) < 4.78 is 5.48. The first-order chi connectivity index (χ1) is 7.72. The van der Waals surface area contributed by atoms with E-state index < -0.39 is 0 Å². The Bertz CT molecular complexity index is 393. The summed E-state index contributed by atoms with van der Waals surface area (Å²) >= 11 is 0. The minimum atomic E-state index is -0.0931. The van der Waals surface area contributed by atoms with Crippen LogP contribution in [0.25, 0.3) is 0 Å². The molecule has 3 heteroatoms. The van der Waals surface area contributed by atoms with Crippen LogP contribution in [0.2, 0.25) is 0 Å². The molecule has 0 unspecified atom stereocenters. The third-order valence-corrected chi connectivity index (χ3v) is 1.89. The van der Waals surface area contributed by atoms with Gasteiger partial charge in [0.05, 0.1) is 6.61 Å². The predicted octanol–water partition coefficient (Wildman–Crippen LogP) is 2.44. The summed E-state index contributed by atoms with van der Waals surface area (Å²) in [6.45, 7) is 2.06. The van der Waals surface area contributed by atoms with Crippen LogP contribution >= 0.6 is 0 Å². The second-order valence-corrected chi connectivity index (χ2v) is 3.37. The number of ether oxygens (including phenoxy) is 1. The number of terminal acetylenes is 1. The molecular weight excluding hydrogens is 202 g/mol. The molecule has 1 aromatic rings. The molecule has 0 aliphatic heterocycles. The Balaban J connectivity index is 2.47. The van der Waals surface area contributed by atoms with E-state index >= 15 is 0 Å². The van der Waals surface area contributed by atoms with Crippen LogP contribution in [0.4, 0.5) is 5.69 Å². The number of anilines is 1. The highest BCUT2D eigenvalue weighted by molar-refractivity contribution is 5.88. The van der Waals surface area contributed by atoms with Gasteiger partial charge in [0.25, 0.3) is 0 Å². The first-order valence-corrected chi connectivity index (χ1v) is 5.16. The Labute approximate surface area is 95.8 Å². The van der Waals surface area contributed by atoms with Crippen LogP contribution in [0, 0.1) is 12.3 Å². The molecule has 0 aromatic heterocycles. The number of unbranched alkanes of at least 4 members (excludes halogenated alkanes) is 1. The van der Waals surface area contributed by atoms with E-state index in [0.717, 1.165) is 17.9 Å². The number of carbonyl (C=O) groups excluding carboxylic acids is 1. The molecular formula is C13H15NO2. The monoisotopic (exact) mass is 217 g/mol. The van der Waals surface area contributed by atoms with E-state index in [1.54, 1.807) is 6.07 Å². The third kappa shape index (κ3) is 4.52. The van der Waals surface area contributed by atoms with E-state index in [1.165, 1.54) is 6.92 Å². The van der Waals surface area contributed by atoms with Crippen molar-refractivity contribution in [3.05, 3.63) is 24.3 Å². The van der Waals surface area contributed by atoms with Crippen molar-refractivity contribution in [2.24, 2.45) is 0 Å². The van der Waals surface area contributed by atoms with Gasteiger partial charge < -0.3 is 10.1 Å². The Hall–Kier alpha value is -1.95. The lowest BCUT2D eigenvalue weighted by Crippen LogP contribution is -2.05. The number of hydrogen-bond donors (Lipinski definition) is 1. The molecule has 0 aliphatic rings. The SMILES string of the molecule is C#CCCCOc1cccc(NC(C)=O)c1. The van der Waals surface area contributed by atoms with Crippen molar-refractivity contribution in [2.45, 2.75) is 19.8 Å². The Morgan fingerprint density at radius 2 is 2.38 bits per heavy atom. The van der Waals surface area contributed by atoms with Gasteiger partial charge in [0.2, 0.25) is 5.91 Å². The Kier molecular flexibility index (Phi) is 4.94. The minimum absolute atomic E-state index is 0.0931. The van der Waals surface area contributed by atoms with Crippen LogP contribution in [-0.2, 0) is 4.79 Å². The standard InChI is InChI=1S/C13H15NO2/c1-3-4-5-9-16-13-8-6-7-12(10-13)14-11(2)15/h1,6-8,10H,4-5,9H2,2H3,(H,14,15). The maximum Gasteiger partial charge on any atom is 0.221 e. The van der Waals surface area contributed by atoms with Crippen molar-refractivity contribution in [2.75, 3.05) is 11.9 Å². The van der Waals surface area contributed by atoms with Crippen molar-refractivity contribution in [1.29, 1.82) is 0 Å². The van der Waals surface area contributed by atoms with E-state index in [4.69, 9.17) is 11.2 Å². The summed E-state index contributed by atoms with van der Waals surface area (Å²) in [6, 6.07) is 7.29. The second kappa shape index (κ2) is 6.52. The van der Waals surface area contributed by atoms with Gasteiger partial charge in [0.1, 0.15) is 5.75 Å². The van der Waals surface area contributed by atoms with Crippen molar-refractivity contribution in [1.82, 2.24) is 0 Å². The number of nitrogens with one attached hydrogen (secondary N) is 1. The fourth-order valence-electron chi connectivity index (χ4n) is 1.23. The summed E-state index contributed by atoms with van der Waals surface area (Å²) in [5, 5.41) is 2.70. The molecule has 16 heavy (non-hydrogen) atoms. The number of rotatable bonds is 5. The van der Waals surface area contributed by atoms with Crippen LogP contribution < -0.4 is 10.1 Å². The molecule has 1 amide bonds. The first-order valence-electron chi connectivity index (χ1n) is 5.16. The summed E-state index contributed by atoms with van der Waals surface area (Å²) in [5.41, 5.74) is 0.738. The fourth-order valence-corrected chi connectivity index (χ4v) is 1.23. The molecule has 0 fully saturated rings. The topological polar surface area (TPSA) is 38.3 Å². The van der Waals surface area contributed by atoms with Crippen LogP contribution in [0.3, 0.4) is 0 Å². The molecule has 0 atom stereocenters. The average molecular weight is 217 g/mol. The van der Waals surface area contributed by atoms with Crippen LogP contribution in [0.1, 0.15) is 19.8 Å². The molecule has 3 nitrogen and oxygen atoms in total. The fraction of sp³-hybridized carbons (Fsp3) is 0.308. The molecule has 84 valence electrons. The van der Waals surface area contributed by atoms with Crippen molar-refractivity contribution >= 4 is 11.6 Å². The Morgan fingerprint density at radius 3 is 3.06 bits per heavy atom. The molecule has 1 N–H and O–H groups in total. The molecule has 0 saturated carbocycles. The van der Waals surface area contributed by atoms with Gasteiger partial charge in [-0.15, -0.1) is 12.3 Å². The largest absolute Gasteiger partial charge is 0.493 e. The smallest absolute Gasteiger partial charge is 0.221 e. The lowest BCUT2D eigenvalue weighted by molar-refractivity contribution is -0.114. The molecule has 0 bridgehead atoms. The normalized spacial score (nSPS) is 9.25. The van der Waals surface area contributed by atoms with Gasteiger partial charge in [-0.3, -0.25) is 4.79 Å². The number of carbonyl (C=O) groups is 1. The van der Waals surface area contributed by atoms with E-state index in [9.17, 15) is 4.79 Å². The van der Waals surface area contributed by atoms with Gasteiger partial charge >= 0.3 is 0 Å². The highest BCUT2D eigenvalue weighted by Crippen LogP contribution is 2.17. The molecule has 0 radical (unpaired) electrons. The lowest BCUT2D eigenvalue weighted by atomic mass is 10.3. The van der Waals surface area contributed by atoms with Crippen molar-refractivity contribution < 1.29 is 9.53 Å². The van der Waals surface area contributed by atoms with Gasteiger partial charge in [-0.2, -0.15) is 0 Å². The molecule has 0 heterocycles. The summed E-state index contributed by atoms with van der Waals surface area (Å²) in [6.07, 6.45) is 6.68. The third-order valence-electron chi connectivity index (χ3n) is 1.89. The zero-order valence-electron chi connectivity index (χ0n) is 9.32. The zero-order chi connectivity index (χ0) is 11.8. The van der Waals surface area contributed by atoms with Gasteiger partial charge in [0.15, 0.2) is 0 Å². The van der Waals surface area contributed by atoms with Crippen LogP contribution in [0.15, 0.2) is 24.3 Å². The average Bonchev–Trinajstić information content (AvgIpc) is 2.24. The second-order valence-electron chi connectivity index (χ2n) is 3.37. The molecule has 1 rings (SSSR count). The minimum Gasteiger partial charge on any atom is -0.493 e. The highest BCUT2D eigenvalue weighted by Gasteiger charge is 1.98. The number of hydrogen-bond acceptors (Lipinski definition) is 2. The molecule has 0 aliphatic carbocycles.